The third-order valence-electron chi connectivity index (χ3n) is 2.52. The second-order valence-corrected chi connectivity index (χ2v) is 3.96. The Labute approximate surface area is 83.5 Å². The minimum absolute atomic E-state index is 0.0317. The minimum Gasteiger partial charge on any atom is -0.388 e. The predicted molar refractivity (Wildman–Crippen MR) is 51.8 cm³/mol. The van der Waals surface area contributed by atoms with Crippen LogP contribution in [0.4, 0.5) is 0 Å². The Morgan fingerprint density at radius 1 is 1.38 bits per heavy atom. The maximum Gasteiger partial charge on any atom is 0.235 e. The normalized spacial score (nSPS) is 21.1. The number of aliphatic hydroxyl groups is 1. The predicted octanol–water partition coefficient (Wildman–Crippen LogP) is 1.04. The number of hydrogen-bond acceptors (Lipinski definition) is 2. The first-order valence-corrected chi connectivity index (χ1v) is 5.25. The van der Waals surface area contributed by atoms with Gasteiger partial charge in [0.05, 0.1) is 5.60 Å². The molecule has 1 aliphatic rings. The lowest BCUT2D eigenvalue weighted by Crippen LogP contribution is -2.44. The molecule has 0 aliphatic heterocycles. The molecule has 1 aliphatic carbocycles. The van der Waals surface area contributed by atoms with E-state index in [1.165, 1.54) is 6.42 Å². The lowest BCUT2D eigenvalue weighted by molar-refractivity contribution is -0.120. The van der Waals surface area contributed by atoms with Crippen LogP contribution in [-0.4, -0.2) is 29.0 Å². The van der Waals surface area contributed by atoms with Gasteiger partial charge < -0.3 is 10.4 Å². The summed E-state index contributed by atoms with van der Waals surface area (Å²) in [7, 11) is 0. The van der Waals surface area contributed by atoms with Crippen molar-refractivity contribution in [3.63, 3.8) is 0 Å². The molecule has 0 aromatic heterocycles. The van der Waals surface area contributed by atoms with Crippen molar-refractivity contribution in [2.24, 2.45) is 0 Å². The van der Waals surface area contributed by atoms with Crippen molar-refractivity contribution in [2.75, 3.05) is 12.4 Å². The number of halogens is 1. The molecule has 13 heavy (non-hydrogen) atoms. The van der Waals surface area contributed by atoms with E-state index in [-0.39, 0.29) is 11.8 Å². The highest BCUT2D eigenvalue weighted by Gasteiger charge is 2.29. The van der Waals surface area contributed by atoms with Crippen LogP contribution in [0.5, 0.6) is 0 Å². The molecule has 0 bridgehead atoms. The standard InChI is InChI=1S/C9H16ClNO2/c10-6-8(12)11-7-9(13)4-2-1-3-5-9/h13H,1-7H2,(H,11,12). The largest absolute Gasteiger partial charge is 0.388 e. The average Bonchev–Trinajstić information content (AvgIpc) is 2.15. The van der Waals surface area contributed by atoms with Crippen LogP contribution in [0.1, 0.15) is 32.1 Å². The fourth-order valence-corrected chi connectivity index (χ4v) is 1.79. The summed E-state index contributed by atoms with van der Waals surface area (Å²) in [5.41, 5.74) is -0.681. The number of rotatable bonds is 3. The first-order chi connectivity index (χ1) is 6.16. The van der Waals surface area contributed by atoms with E-state index >= 15 is 0 Å². The van der Waals surface area contributed by atoms with Crippen molar-refractivity contribution >= 4 is 17.5 Å². The molecule has 0 radical (unpaired) electrons. The summed E-state index contributed by atoms with van der Waals surface area (Å²) in [5, 5.41) is 12.6. The van der Waals surface area contributed by atoms with Gasteiger partial charge in [-0.25, -0.2) is 0 Å². The highest BCUT2D eigenvalue weighted by Crippen LogP contribution is 2.27. The smallest absolute Gasteiger partial charge is 0.235 e. The van der Waals surface area contributed by atoms with Crippen molar-refractivity contribution in [1.29, 1.82) is 0 Å². The molecular weight excluding hydrogens is 190 g/mol. The molecule has 0 heterocycles. The van der Waals surface area contributed by atoms with E-state index < -0.39 is 5.60 Å². The fraction of sp³-hybridized carbons (Fsp3) is 0.889. The van der Waals surface area contributed by atoms with E-state index in [0.29, 0.717) is 6.54 Å². The molecule has 0 atom stereocenters. The van der Waals surface area contributed by atoms with E-state index in [0.717, 1.165) is 25.7 Å². The second-order valence-electron chi connectivity index (χ2n) is 3.70. The van der Waals surface area contributed by atoms with Crippen LogP contribution in [0, 0.1) is 0 Å². The summed E-state index contributed by atoms with van der Waals surface area (Å²) >= 11 is 5.32. The van der Waals surface area contributed by atoms with E-state index in [1.807, 2.05) is 0 Å². The molecule has 1 rings (SSSR count). The zero-order valence-electron chi connectivity index (χ0n) is 7.68. The van der Waals surface area contributed by atoms with E-state index in [4.69, 9.17) is 11.6 Å². The summed E-state index contributed by atoms with van der Waals surface area (Å²) in [6.45, 7) is 0.346. The summed E-state index contributed by atoms with van der Waals surface area (Å²) in [6.07, 6.45) is 4.86. The maximum atomic E-state index is 10.8. The SMILES string of the molecule is O=C(CCl)NCC1(O)CCCCC1. The van der Waals surface area contributed by atoms with Gasteiger partial charge >= 0.3 is 0 Å². The van der Waals surface area contributed by atoms with Gasteiger partial charge in [-0.2, -0.15) is 0 Å². The second kappa shape index (κ2) is 4.82. The van der Waals surface area contributed by atoms with E-state index in [1.54, 1.807) is 0 Å². The van der Waals surface area contributed by atoms with Gasteiger partial charge in [0.25, 0.3) is 0 Å². The molecule has 1 fully saturated rings. The van der Waals surface area contributed by atoms with Crippen molar-refractivity contribution in [1.82, 2.24) is 5.32 Å². The number of nitrogens with one attached hydrogen (secondary N) is 1. The summed E-state index contributed by atoms with van der Waals surface area (Å²) in [4.78, 5) is 10.8. The average molecular weight is 206 g/mol. The van der Waals surface area contributed by atoms with Crippen LogP contribution in [0.15, 0.2) is 0 Å². The summed E-state index contributed by atoms with van der Waals surface area (Å²) in [5.74, 6) is -0.239. The molecule has 76 valence electrons. The summed E-state index contributed by atoms with van der Waals surface area (Å²) < 4.78 is 0. The Balaban J connectivity index is 2.28. The van der Waals surface area contributed by atoms with Gasteiger partial charge in [0.1, 0.15) is 5.88 Å². The molecule has 1 amide bonds. The fourth-order valence-electron chi connectivity index (χ4n) is 1.70. The van der Waals surface area contributed by atoms with Gasteiger partial charge in [0, 0.05) is 6.54 Å². The van der Waals surface area contributed by atoms with Crippen LogP contribution in [-0.2, 0) is 4.79 Å². The Morgan fingerprint density at radius 2 is 2.00 bits per heavy atom. The van der Waals surface area contributed by atoms with E-state index in [2.05, 4.69) is 5.32 Å². The third-order valence-corrected chi connectivity index (χ3v) is 2.76. The van der Waals surface area contributed by atoms with Gasteiger partial charge in [-0.05, 0) is 12.8 Å². The molecule has 0 unspecified atom stereocenters. The number of amides is 1. The molecule has 3 nitrogen and oxygen atoms in total. The van der Waals surface area contributed by atoms with Crippen LogP contribution in [0.3, 0.4) is 0 Å². The van der Waals surface area contributed by atoms with Crippen LogP contribution in [0.2, 0.25) is 0 Å². The molecule has 4 heteroatoms. The number of alkyl halides is 1. The Kier molecular flexibility index (Phi) is 4.00. The van der Waals surface area contributed by atoms with Crippen LogP contribution < -0.4 is 5.32 Å². The van der Waals surface area contributed by atoms with Crippen LogP contribution >= 0.6 is 11.6 Å². The Bertz CT molecular complexity index is 178. The Hall–Kier alpha value is -0.280. The monoisotopic (exact) mass is 205 g/mol. The van der Waals surface area contributed by atoms with Gasteiger partial charge in [0.15, 0.2) is 0 Å². The maximum absolute atomic E-state index is 10.8. The topological polar surface area (TPSA) is 49.3 Å². The zero-order valence-corrected chi connectivity index (χ0v) is 8.44. The number of hydrogen-bond donors (Lipinski definition) is 2. The Morgan fingerprint density at radius 3 is 2.54 bits per heavy atom. The molecule has 1 saturated carbocycles. The first kappa shape index (κ1) is 10.8. The van der Waals surface area contributed by atoms with Crippen molar-refractivity contribution in [3.05, 3.63) is 0 Å². The number of carbonyl (C=O) groups is 1. The van der Waals surface area contributed by atoms with Gasteiger partial charge in [-0.1, -0.05) is 19.3 Å². The molecule has 2 N–H and O–H groups in total. The van der Waals surface area contributed by atoms with Gasteiger partial charge in [-0.3, -0.25) is 4.79 Å². The first-order valence-electron chi connectivity index (χ1n) is 4.71. The lowest BCUT2D eigenvalue weighted by atomic mass is 9.85. The number of carbonyl (C=O) groups excluding carboxylic acids is 1. The molecule has 0 aromatic rings. The highest BCUT2D eigenvalue weighted by molar-refractivity contribution is 6.27. The van der Waals surface area contributed by atoms with Crippen LogP contribution in [0.25, 0.3) is 0 Å². The quantitative estimate of drug-likeness (QED) is 0.677. The third kappa shape index (κ3) is 3.53. The molecular formula is C9H16ClNO2. The lowest BCUT2D eigenvalue weighted by Gasteiger charge is -2.31. The molecule has 0 saturated heterocycles. The van der Waals surface area contributed by atoms with Gasteiger partial charge in [-0.15, -0.1) is 11.6 Å². The van der Waals surface area contributed by atoms with Crippen molar-refractivity contribution in [3.8, 4) is 0 Å². The van der Waals surface area contributed by atoms with E-state index in [9.17, 15) is 9.90 Å². The van der Waals surface area contributed by atoms with Gasteiger partial charge in [0.2, 0.25) is 5.91 Å². The molecule has 0 spiro atoms. The van der Waals surface area contributed by atoms with Crippen molar-refractivity contribution in [2.45, 2.75) is 37.7 Å². The summed E-state index contributed by atoms with van der Waals surface area (Å²) in [6, 6.07) is 0. The highest BCUT2D eigenvalue weighted by atomic mass is 35.5. The minimum atomic E-state index is -0.681. The zero-order chi connectivity index (χ0) is 9.73. The van der Waals surface area contributed by atoms with Crippen molar-refractivity contribution < 1.29 is 9.90 Å². The molecule has 0 aromatic carbocycles.